The molecule has 2 saturated heterocycles. The first kappa shape index (κ1) is 19.4. The van der Waals surface area contributed by atoms with Crippen molar-refractivity contribution in [1.82, 2.24) is 20.7 Å². The van der Waals surface area contributed by atoms with E-state index in [1.54, 1.807) is 7.11 Å². The molecule has 2 N–H and O–H groups in total. The fraction of sp³-hybridized carbons (Fsp3) is 0.364. The molecule has 4 rings (SSSR count). The van der Waals surface area contributed by atoms with Crippen LogP contribution >= 0.6 is 0 Å². The van der Waals surface area contributed by atoms with E-state index in [1.807, 2.05) is 64.4 Å². The Kier molecular flexibility index (Phi) is 5.78. The highest BCUT2D eigenvalue weighted by atomic mass is 16.5. The third-order valence-electron chi connectivity index (χ3n) is 5.60. The molecular formula is C22H26N4O3. The number of hydrazine groups is 1. The Hall–Kier alpha value is -2.90. The summed E-state index contributed by atoms with van der Waals surface area (Å²) >= 11 is 0. The van der Waals surface area contributed by atoms with E-state index in [9.17, 15) is 9.59 Å². The van der Waals surface area contributed by atoms with E-state index in [0.29, 0.717) is 38.2 Å². The summed E-state index contributed by atoms with van der Waals surface area (Å²) < 4.78 is 5.29. The van der Waals surface area contributed by atoms with Gasteiger partial charge in [0.15, 0.2) is 0 Å². The number of ether oxygens (including phenoxy) is 1. The molecule has 2 aliphatic heterocycles. The van der Waals surface area contributed by atoms with Gasteiger partial charge in [-0.05, 0) is 36.2 Å². The number of piperazine rings is 1. The third-order valence-corrected chi connectivity index (χ3v) is 5.60. The molecule has 0 spiro atoms. The Balaban J connectivity index is 1.31. The van der Waals surface area contributed by atoms with Crippen LogP contribution in [-0.4, -0.2) is 60.9 Å². The fourth-order valence-electron chi connectivity index (χ4n) is 3.91. The number of carbonyl (C=O) groups excluding carboxylic acids is 2. The molecule has 0 aliphatic carbocycles. The smallest absolute Gasteiger partial charge is 0.253 e. The SMILES string of the molecule is COc1cccc(C2CC(C(=O)N3CCN(C(=O)c4ccccc4)CC3)NN2)c1. The van der Waals surface area contributed by atoms with Crippen LogP contribution in [0.2, 0.25) is 0 Å². The van der Waals surface area contributed by atoms with Gasteiger partial charge in [-0.15, -0.1) is 0 Å². The molecule has 2 atom stereocenters. The molecule has 2 amide bonds. The van der Waals surface area contributed by atoms with Crippen LogP contribution in [0.3, 0.4) is 0 Å². The number of hydrogen-bond donors (Lipinski definition) is 2. The van der Waals surface area contributed by atoms with Crippen LogP contribution in [0, 0.1) is 0 Å². The Morgan fingerprint density at radius 1 is 0.931 bits per heavy atom. The van der Waals surface area contributed by atoms with Gasteiger partial charge < -0.3 is 14.5 Å². The largest absolute Gasteiger partial charge is 0.497 e. The Morgan fingerprint density at radius 2 is 1.66 bits per heavy atom. The zero-order chi connectivity index (χ0) is 20.2. The lowest BCUT2D eigenvalue weighted by atomic mass is 10.0. The minimum absolute atomic E-state index is 0.0245. The van der Waals surface area contributed by atoms with Crippen LogP contribution in [0.5, 0.6) is 5.75 Å². The topological polar surface area (TPSA) is 73.9 Å². The van der Waals surface area contributed by atoms with Crippen LogP contribution in [0.25, 0.3) is 0 Å². The van der Waals surface area contributed by atoms with Gasteiger partial charge in [0.05, 0.1) is 7.11 Å². The Bertz CT molecular complexity index is 865. The zero-order valence-corrected chi connectivity index (χ0v) is 16.5. The molecule has 7 nitrogen and oxygen atoms in total. The second-order valence-electron chi connectivity index (χ2n) is 7.39. The summed E-state index contributed by atoms with van der Waals surface area (Å²) in [6.45, 7) is 2.22. The minimum Gasteiger partial charge on any atom is -0.497 e. The van der Waals surface area contributed by atoms with E-state index >= 15 is 0 Å². The summed E-state index contributed by atoms with van der Waals surface area (Å²) in [6.07, 6.45) is 0.676. The van der Waals surface area contributed by atoms with Crippen molar-refractivity contribution in [3.05, 3.63) is 65.7 Å². The van der Waals surface area contributed by atoms with Crippen LogP contribution in [-0.2, 0) is 4.79 Å². The average Bonchev–Trinajstić information content (AvgIpc) is 3.29. The molecule has 7 heteroatoms. The lowest BCUT2D eigenvalue weighted by molar-refractivity contribution is -0.134. The molecule has 2 aromatic rings. The second-order valence-corrected chi connectivity index (χ2v) is 7.39. The summed E-state index contributed by atoms with van der Waals surface area (Å²) in [7, 11) is 1.65. The number of methoxy groups -OCH3 is 1. The summed E-state index contributed by atoms with van der Waals surface area (Å²) in [5.74, 6) is 0.907. The zero-order valence-electron chi connectivity index (χ0n) is 16.5. The van der Waals surface area contributed by atoms with E-state index < -0.39 is 0 Å². The monoisotopic (exact) mass is 394 g/mol. The van der Waals surface area contributed by atoms with Crippen molar-refractivity contribution < 1.29 is 14.3 Å². The number of hydrogen-bond acceptors (Lipinski definition) is 5. The van der Waals surface area contributed by atoms with E-state index in [1.165, 1.54) is 0 Å². The number of rotatable bonds is 4. The number of nitrogens with one attached hydrogen (secondary N) is 2. The predicted octanol–water partition coefficient (Wildman–Crippen LogP) is 1.59. The molecule has 152 valence electrons. The fourth-order valence-corrected chi connectivity index (χ4v) is 3.91. The molecule has 2 aromatic carbocycles. The first-order chi connectivity index (χ1) is 14.2. The van der Waals surface area contributed by atoms with Crippen LogP contribution in [0.1, 0.15) is 28.4 Å². The molecule has 0 bridgehead atoms. The molecule has 2 aliphatic rings. The summed E-state index contributed by atoms with van der Waals surface area (Å²) in [4.78, 5) is 29.2. The normalized spacial score (nSPS) is 21.8. The highest BCUT2D eigenvalue weighted by Crippen LogP contribution is 2.26. The Morgan fingerprint density at radius 3 is 2.38 bits per heavy atom. The quantitative estimate of drug-likeness (QED) is 0.824. The average molecular weight is 394 g/mol. The molecule has 0 radical (unpaired) electrons. The van der Waals surface area contributed by atoms with Gasteiger partial charge in [-0.25, -0.2) is 10.9 Å². The van der Waals surface area contributed by atoms with Crippen LogP contribution in [0.4, 0.5) is 0 Å². The van der Waals surface area contributed by atoms with Crippen molar-refractivity contribution in [3.63, 3.8) is 0 Å². The highest BCUT2D eigenvalue weighted by molar-refractivity contribution is 5.94. The van der Waals surface area contributed by atoms with Crippen LogP contribution < -0.4 is 15.6 Å². The first-order valence-corrected chi connectivity index (χ1v) is 9.94. The van der Waals surface area contributed by atoms with Crippen molar-refractivity contribution in [2.24, 2.45) is 0 Å². The summed E-state index contributed by atoms with van der Waals surface area (Å²) in [6, 6.07) is 16.9. The number of amides is 2. The molecule has 2 unspecified atom stereocenters. The van der Waals surface area contributed by atoms with Gasteiger partial charge in [-0.1, -0.05) is 30.3 Å². The maximum absolute atomic E-state index is 12.9. The maximum atomic E-state index is 12.9. The van der Waals surface area contributed by atoms with Gasteiger partial charge in [-0.3, -0.25) is 9.59 Å². The second kappa shape index (κ2) is 8.63. The van der Waals surface area contributed by atoms with Gasteiger partial charge in [0.2, 0.25) is 5.91 Å². The van der Waals surface area contributed by atoms with E-state index in [0.717, 1.165) is 11.3 Å². The lowest BCUT2D eigenvalue weighted by Crippen LogP contribution is -2.54. The lowest BCUT2D eigenvalue weighted by Gasteiger charge is -2.36. The van der Waals surface area contributed by atoms with Crippen LogP contribution in [0.15, 0.2) is 54.6 Å². The van der Waals surface area contributed by atoms with Gasteiger partial charge in [-0.2, -0.15) is 0 Å². The van der Waals surface area contributed by atoms with Crippen molar-refractivity contribution in [1.29, 1.82) is 0 Å². The van der Waals surface area contributed by atoms with Crippen molar-refractivity contribution in [2.75, 3.05) is 33.3 Å². The highest BCUT2D eigenvalue weighted by Gasteiger charge is 2.34. The van der Waals surface area contributed by atoms with Crippen molar-refractivity contribution in [3.8, 4) is 5.75 Å². The molecular weight excluding hydrogens is 368 g/mol. The molecule has 2 heterocycles. The number of carbonyl (C=O) groups is 2. The van der Waals surface area contributed by atoms with Gasteiger partial charge in [0.25, 0.3) is 5.91 Å². The maximum Gasteiger partial charge on any atom is 0.253 e. The molecule has 0 aromatic heterocycles. The first-order valence-electron chi connectivity index (χ1n) is 9.94. The number of benzene rings is 2. The van der Waals surface area contributed by atoms with E-state index in [-0.39, 0.29) is 23.9 Å². The van der Waals surface area contributed by atoms with E-state index in [4.69, 9.17) is 4.74 Å². The van der Waals surface area contributed by atoms with Gasteiger partial charge in [0, 0.05) is 37.8 Å². The van der Waals surface area contributed by atoms with Gasteiger partial charge in [0.1, 0.15) is 11.8 Å². The Labute approximate surface area is 170 Å². The third kappa shape index (κ3) is 4.26. The standard InChI is InChI=1S/C22H26N4O3/c1-29-18-9-5-8-17(14-18)19-15-20(24-23-19)22(28)26-12-10-25(11-13-26)21(27)16-6-3-2-4-7-16/h2-9,14,19-20,23-24H,10-13,15H2,1H3. The summed E-state index contributed by atoms with van der Waals surface area (Å²) in [5.41, 5.74) is 8.14. The molecule has 0 saturated carbocycles. The van der Waals surface area contributed by atoms with Crippen molar-refractivity contribution in [2.45, 2.75) is 18.5 Å². The van der Waals surface area contributed by atoms with Crippen molar-refractivity contribution >= 4 is 11.8 Å². The molecule has 29 heavy (non-hydrogen) atoms. The molecule has 2 fully saturated rings. The predicted molar refractivity (Wildman–Crippen MR) is 109 cm³/mol. The minimum atomic E-state index is -0.275. The number of nitrogens with zero attached hydrogens (tertiary/aromatic N) is 2. The van der Waals surface area contributed by atoms with E-state index in [2.05, 4.69) is 10.9 Å². The summed E-state index contributed by atoms with van der Waals surface area (Å²) in [5, 5.41) is 0. The van der Waals surface area contributed by atoms with Gasteiger partial charge >= 0.3 is 0 Å².